The summed E-state index contributed by atoms with van der Waals surface area (Å²) in [4.78, 5) is 11.3. The molecule has 2 N–H and O–H groups in total. The average molecular weight is 389 g/mol. The maximum Gasteiger partial charge on any atom is 0.283 e. The predicted octanol–water partition coefficient (Wildman–Crippen LogP) is 3.16. The highest BCUT2D eigenvalue weighted by Crippen LogP contribution is 2.36. The Morgan fingerprint density at radius 3 is 2.29 bits per heavy atom. The number of primary sulfonamides is 1. The third kappa shape index (κ3) is 4.03. The number of benzene rings is 2. The lowest BCUT2D eigenvalue weighted by Crippen LogP contribution is -2.12. The molecule has 0 radical (unpaired) electrons. The van der Waals surface area contributed by atoms with Crippen molar-refractivity contribution in [1.29, 1.82) is 0 Å². The Bertz CT molecular complexity index is 791. The lowest BCUT2D eigenvalue weighted by atomic mass is 10.3. The van der Waals surface area contributed by atoms with E-state index in [1.54, 1.807) is 24.3 Å². The first-order chi connectivity index (χ1) is 9.77. The van der Waals surface area contributed by atoms with Crippen LogP contribution in [0.5, 0.6) is 0 Å². The van der Waals surface area contributed by atoms with Crippen LogP contribution in [0.25, 0.3) is 0 Å². The molecule has 0 heterocycles. The summed E-state index contributed by atoms with van der Waals surface area (Å²) in [5.41, 5.74) is -0.171. The summed E-state index contributed by atoms with van der Waals surface area (Å²) in [6.07, 6.45) is 0. The van der Waals surface area contributed by atoms with Crippen molar-refractivity contribution in [3.8, 4) is 0 Å². The number of nitro benzene ring substituents is 1. The van der Waals surface area contributed by atoms with Gasteiger partial charge in [-0.1, -0.05) is 27.7 Å². The molecule has 6 nitrogen and oxygen atoms in total. The second kappa shape index (κ2) is 6.14. The summed E-state index contributed by atoms with van der Waals surface area (Å²) < 4.78 is 23.6. The van der Waals surface area contributed by atoms with Crippen molar-refractivity contribution in [2.24, 2.45) is 5.14 Å². The van der Waals surface area contributed by atoms with Gasteiger partial charge in [0.15, 0.2) is 0 Å². The summed E-state index contributed by atoms with van der Waals surface area (Å²) in [6, 6.07) is 10.6. The van der Waals surface area contributed by atoms with Crippen molar-refractivity contribution in [2.45, 2.75) is 14.7 Å². The van der Waals surface area contributed by atoms with Gasteiger partial charge >= 0.3 is 0 Å². The van der Waals surface area contributed by atoms with Gasteiger partial charge in [0.25, 0.3) is 5.69 Å². The zero-order valence-electron chi connectivity index (χ0n) is 10.4. The van der Waals surface area contributed by atoms with Crippen molar-refractivity contribution in [3.63, 3.8) is 0 Å². The van der Waals surface area contributed by atoms with Crippen LogP contribution in [0, 0.1) is 10.1 Å². The predicted molar refractivity (Wildman–Crippen MR) is 82.7 cm³/mol. The minimum atomic E-state index is -3.91. The summed E-state index contributed by atoms with van der Waals surface area (Å²) in [5, 5.41) is 16.1. The number of sulfonamides is 1. The van der Waals surface area contributed by atoms with Crippen molar-refractivity contribution >= 4 is 43.4 Å². The van der Waals surface area contributed by atoms with E-state index in [-0.39, 0.29) is 15.5 Å². The summed E-state index contributed by atoms with van der Waals surface area (Å²) >= 11 is 4.39. The van der Waals surface area contributed by atoms with Crippen LogP contribution in [-0.2, 0) is 10.0 Å². The third-order valence-corrected chi connectivity index (χ3v) is 4.99. The van der Waals surface area contributed by atoms with E-state index in [4.69, 9.17) is 5.14 Å². The fourth-order valence-corrected chi connectivity index (χ4v) is 3.37. The smallest absolute Gasteiger partial charge is 0.258 e. The van der Waals surface area contributed by atoms with Gasteiger partial charge in [0, 0.05) is 15.4 Å². The summed E-state index contributed by atoms with van der Waals surface area (Å²) in [5.74, 6) is 0. The molecule has 0 aromatic heterocycles. The zero-order valence-corrected chi connectivity index (χ0v) is 13.6. The Labute approximate surface area is 133 Å². The van der Waals surface area contributed by atoms with Gasteiger partial charge in [-0.3, -0.25) is 10.1 Å². The van der Waals surface area contributed by atoms with Crippen molar-refractivity contribution in [1.82, 2.24) is 0 Å². The van der Waals surface area contributed by atoms with E-state index in [1.807, 2.05) is 0 Å². The van der Waals surface area contributed by atoms with E-state index in [9.17, 15) is 18.5 Å². The van der Waals surface area contributed by atoms with Crippen LogP contribution < -0.4 is 5.14 Å². The molecule has 0 saturated heterocycles. The average Bonchev–Trinajstić information content (AvgIpc) is 2.40. The van der Waals surface area contributed by atoms with Crippen LogP contribution in [0.3, 0.4) is 0 Å². The fourth-order valence-electron chi connectivity index (χ4n) is 1.53. The first-order valence-electron chi connectivity index (χ1n) is 5.52. The van der Waals surface area contributed by atoms with Gasteiger partial charge in [0.05, 0.1) is 14.7 Å². The van der Waals surface area contributed by atoms with Crippen LogP contribution >= 0.6 is 27.7 Å². The number of nitrogens with two attached hydrogens (primary N) is 1. The van der Waals surface area contributed by atoms with Gasteiger partial charge in [0.2, 0.25) is 10.0 Å². The standard InChI is InChI=1S/C12H9BrN2O4S2/c13-8-1-3-9(4-2-8)20-12-7-10(21(14,18)19)5-6-11(12)15(16)17/h1-7H,(H2,14,18,19). The third-order valence-electron chi connectivity index (χ3n) is 2.50. The molecular weight excluding hydrogens is 380 g/mol. The van der Waals surface area contributed by atoms with E-state index in [2.05, 4.69) is 15.9 Å². The molecule has 0 aliphatic heterocycles. The van der Waals surface area contributed by atoms with E-state index in [0.29, 0.717) is 0 Å². The van der Waals surface area contributed by atoms with Crippen molar-refractivity contribution in [2.75, 3.05) is 0 Å². The summed E-state index contributed by atoms with van der Waals surface area (Å²) in [6.45, 7) is 0. The van der Waals surface area contributed by atoms with Crippen LogP contribution in [0.4, 0.5) is 5.69 Å². The SMILES string of the molecule is NS(=O)(=O)c1ccc([N+](=O)[O-])c(Sc2ccc(Br)cc2)c1. The Kier molecular flexibility index (Phi) is 4.67. The molecule has 0 atom stereocenters. The molecule has 0 aliphatic carbocycles. The second-order valence-corrected chi connectivity index (χ2v) is 7.58. The maximum absolute atomic E-state index is 11.4. The Hall–Kier alpha value is -1.42. The minimum Gasteiger partial charge on any atom is -0.258 e. The van der Waals surface area contributed by atoms with Gasteiger partial charge < -0.3 is 0 Å². The second-order valence-electron chi connectivity index (χ2n) is 3.99. The molecule has 2 aromatic rings. The fraction of sp³-hybridized carbons (Fsp3) is 0. The van der Waals surface area contributed by atoms with Crippen LogP contribution in [0.15, 0.2) is 61.6 Å². The number of halogens is 1. The van der Waals surface area contributed by atoms with Crippen molar-refractivity contribution < 1.29 is 13.3 Å². The highest BCUT2D eigenvalue weighted by molar-refractivity contribution is 9.10. The van der Waals surface area contributed by atoms with Crippen LogP contribution in [-0.4, -0.2) is 13.3 Å². The van der Waals surface area contributed by atoms with Gasteiger partial charge in [-0.25, -0.2) is 13.6 Å². The number of nitro groups is 1. The lowest BCUT2D eigenvalue weighted by Gasteiger charge is -2.05. The molecule has 9 heteroatoms. The minimum absolute atomic E-state index is 0.160. The molecule has 0 unspecified atom stereocenters. The lowest BCUT2D eigenvalue weighted by molar-refractivity contribution is -0.387. The van der Waals surface area contributed by atoms with E-state index >= 15 is 0 Å². The van der Waals surface area contributed by atoms with Crippen LogP contribution in [0.1, 0.15) is 0 Å². The molecule has 0 fully saturated rings. The first-order valence-corrected chi connectivity index (χ1v) is 8.67. The largest absolute Gasteiger partial charge is 0.283 e. The number of hydrogen-bond acceptors (Lipinski definition) is 5. The Morgan fingerprint density at radius 2 is 1.76 bits per heavy atom. The molecule has 21 heavy (non-hydrogen) atoms. The molecule has 0 saturated carbocycles. The number of hydrogen-bond donors (Lipinski definition) is 1. The van der Waals surface area contributed by atoms with E-state index in [1.165, 1.54) is 6.07 Å². The van der Waals surface area contributed by atoms with Crippen molar-refractivity contribution in [3.05, 3.63) is 57.1 Å². The number of nitrogens with zero attached hydrogens (tertiary/aromatic N) is 1. The van der Waals surface area contributed by atoms with E-state index in [0.717, 1.165) is 33.3 Å². The molecule has 2 aromatic carbocycles. The Balaban J connectivity index is 2.48. The van der Waals surface area contributed by atoms with Gasteiger partial charge in [-0.15, -0.1) is 0 Å². The molecule has 0 aliphatic rings. The molecule has 0 amide bonds. The highest BCUT2D eigenvalue weighted by Gasteiger charge is 2.19. The summed E-state index contributed by atoms with van der Waals surface area (Å²) in [7, 11) is -3.91. The molecule has 110 valence electrons. The molecule has 0 bridgehead atoms. The Morgan fingerprint density at radius 1 is 1.14 bits per heavy atom. The monoisotopic (exact) mass is 388 g/mol. The van der Waals surface area contributed by atoms with Gasteiger partial charge in [0.1, 0.15) is 0 Å². The highest BCUT2D eigenvalue weighted by atomic mass is 79.9. The maximum atomic E-state index is 11.4. The first kappa shape index (κ1) is 16.0. The molecular formula is C12H9BrN2O4S2. The molecule has 2 rings (SSSR count). The molecule has 0 spiro atoms. The topological polar surface area (TPSA) is 103 Å². The van der Waals surface area contributed by atoms with Crippen LogP contribution in [0.2, 0.25) is 0 Å². The zero-order chi connectivity index (χ0) is 15.6. The van der Waals surface area contributed by atoms with Gasteiger partial charge in [-0.05, 0) is 36.4 Å². The quantitative estimate of drug-likeness (QED) is 0.639. The normalized spacial score (nSPS) is 11.3. The van der Waals surface area contributed by atoms with Gasteiger partial charge in [-0.2, -0.15) is 0 Å². The van der Waals surface area contributed by atoms with E-state index < -0.39 is 14.9 Å². The number of rotatable bonds is 4.